The average Bonchev–Trinajstić information content (AvgIpc) is 1.64. The minimum Gasteiger partial charge on any atom is -0.363 e. The first-order valence-corrected chi connectivity index (χ1v) is 36.5. The van der Waals surface area contributed by atoms with Gasteiger partial charge in [-0.05, 0) is 126 Å². The van der Waals surface area contributed by atoms with Gasteiger partial charge in [0.05, 0.1) is 53.7 Å². The summed E-state index contributed by atoms with van der Waals surface area (Å²) >= 11 is 0. The van der Waals surface area contributed by atoms with Gasteiger partial charge in [0.15, 0.2) is 11.3 Å². The van der Waals surface area contributed by atoms with Crippen molar-refractivity contribution in [2.75, 3.05) is 65.6 Å². The number of amides is 8. The highest BCUT2D eigenvalue weighted by molar-refractivity contribution is 5.89. The number of halogens is 8. The lowest BCUT2D eigenvalue weighted by molar-refractivity contribution is -0.211. The van der Waals surface area contributed by atoms with E-state index in [1.807, 2.05) is 19.9 Å². The SMILES string of the molecule is C=CC[C@]1(C)CCCCN(O)C1=O.C=CC[C@]1(C)CCCCNC1=O.C=CC[C@]1(C)OCCN(O)C1=O.C=CC[C@]1(C)OCCNC1=O.C=CC[C@]1(Cc2ccc(C(F)(F)F)cc2)CCN(O)C1=O.C=CC[C@]1(Cc2ccc(C(F)(F)F)cc2)CCNC1=O.C=CC[C@]1(F)CCN(O)C1=O.C=CC[C@]1(F)CCNC1=O. The third kappa shape index (κ3) is 27.4. The second-order valence-corrected chi connectivity index (χ2v) is 29.1. The van der Waals surface area contributed by atoms with Gasteiger partial charge in [-0.1, -0.05) is 99.6 Å². The lowest BCUT2D eigenvalue weighted by Crippen LogP contribution is -2.53. The Kier molecular flexibility index (Phi) is 37.5. The largest absolute Gasteiger partial charge is 0.416 e. The normalized spacial score (nSPS) is 27.8. The minimum absolute atomic E-state index is 0.0249. The molecular weight excluding hydrogens is 1450 g/mol. The Morgan fingerprint density at radius 3 is 1.26 bits per heavy atom. The number of hydrogen-bond acceptors (Lipinski definition) is 14. The van der Waals surface area contributed by atoms with Gasteiger partial charge in [0.2, 0.25) is 11.8 Å². The molecule has 30 heteroatoms. The van der Waals surface area contributed by atoms with Crippen LogP contribution in [0.15, 0.2) is 150 Å². The van der Waals surface area contributed by atoms with Gasteiger partial charge in [-0.2, -0.15) is 26.3 Å². The predicted octanol–water partition coefficient (Wildman–Crippen LogP) is 13.3. The van der Waals surface area contributed by atoms with Crippen molar-refractivity contribution in [3.63, 3.8) is 0 Å². The van der Waals surface area contributed by atoms with E-state index in [0.717, 1.165) is 86.4 Å². The first kappa shape index (κ1) is 95.5. The molecule has 8 heterocycles. The van der Waals surface area contributed by atoms with Crippen LogP contribution in [-0.4, -0.2) is 176 Å². The zero-order valence-corrected chi connectivity index (χ0v) is 63.8. The van der Waals surface area contributed by atoms with Crippen molar-refractivity contribution >= 4 is 47.3 Å². The van der Waals surface area contributed by atoms with Crippen LogP contribution in [0.1, 0.15) is 166 Å². The van der Waals surface area contributed by atoms with E-state index in [2.05, 4.69) is 73.9 Å². The molecule has 612 valence electrons. The Hall–Kier alpha value is -8.68. The van der Waals surface area contributed by atoms with Crippen molar-refractivity contribution in [3.05, 3.63) is 172 Å². The van der Waals surface area contributed by atoms with Crippen molar-refractivity contribution in [2.24, 2.45) is 21.7 Å². The summed E-state index contributed by atoms with van der Waals surface area (Å²) in [6, 6.07) is 9.77. The fourth-order valence-corrected chi connectivity index (χ4v) is 13.4. The lowest BCUT2D eigenvalue weighted by atomic mass is 9.77. The van der Waals surface area contributed by atoms with Crippen molar-refractivity contribution < 1.29 is 104 Å². The number of allylic oxidation sites excluding steroid dienone is 6. The second-order valence-electron chi connectivity index (χ2n) is 29.1. The molecule has 2 aromatic rings. The molecule has 2 aromatic carbocycles. The van der Waals surface area contributed by atoms with E-state index in [0.29, 0.717) is 112 Å². The number of carbonyl (C=O) groups excluding carboxylic acids is 8. The summed E-state index contributed by atoms with van der Waals surface area (Å²) in [6.07, 6.45) is 15.8. The Morgan fingerprint density at radius 2 is 0.800 bits per heavy atom. The van der Waals surface area contributed by atoms with E-state index in [4.69, 9.17) is 19.9 Å². The van der Waals surface area contributed by atoms with Crippen molar-refractivity contribution in [3.8, 4) is 0 Å². The maximum absolute atomic E-state index is 13.3. The molecule has 0 radical (unpaired) electrons. The molecule has 8 aliphatic heterocycles. The summed E-state index contributed by atoms with van der Waals surface area (Å²) in [5.41, 5.74) is -7.21. The average molecular weight is 1560 g/mol. The number of carbonyl (C=O) groups is 8. The molecule has 8 saturated heterocycles. The molecular formula is C80H112F8N8O14. The summed E-state index contributed by atoms with van der Waals surface area (Å²) in [6.45, 7) is 40.2. The standard InChI is InChI=1S/C15H16F3NO2.C15H16F3NO.C10H17NO2.C10H17NO.C8H13NO3.C8H13NO2.C7H10FNO2.C7H10FNO/c1-2-7-14(8-9-19(21)13(14)20)10-11-3-5-12(6-4-11)15(16,17)18;1-2-7-14(8-9-19-13(14)20)10-11-3-5-12(6-4-11)15(16,17)18;1-3-6-10(2)7-4-5-8-11(13)9(10)12;1-3-6-10(2)7-4-5-8-11-9(10)12;1-3-4-8(2)7(10)9(11)5-6-12-8;1-3-4-8(2)7(10)9-5-6-11-8;1-2-3-7(8)4-5-9(11)6(7)10;1-2-3-7(8)4-5-9-6(7)10/h2-6,21H,1,7-10H2;2-6H,1,7-10H2,(H,19,20);3,13H,1,4-8H2,2H3;3H,1,4-8H2,2H3,(H,11,12);3,11H,1,4-6H2,2H3;3H,1,4-6H2,2H3,(H,9,10);2,11H,1,3-5H2;2H,1,3-5H2,(H,9,10)/t2*14-;2*10-;2*8-;2*7-/m11110000/s1. The first-order valence-electron chi connectivity index (χ1n) is 36.5. The third-order valence-corrected chi connectivity index (χ3v) is 20.1. The molecule has 22 nitrogen and oxygen atoms in total. The molecule has 0 saturated carbocycles. The van der Waals surface area contributed by atoms with Gasteiger partial charge in [-0.15, -0.1) is 52.6 Å². The van der Waals surface area contributed by atoms with Crippen molar-refractivity contribution in [1.82, 2.24) is 41.5 Å². The smallest absolute Gasteiger partial charge is 0.363 e. The number of ether oxygens (including phenoxy) is 2. The fourth-order valence-electron chi connectivity index (χ4n) is 13.4. The maximum atomic E-state index is 13.3. The summed E-state index contributed by atoms with van der Waals surface area (Å²) < 4.78 is 112. The van der Waals surface area contributed by atoms with E-state index in [1.165, 1.54) is 36.4 Å². The van der Waals surface area contributed by atoms with Crippen LogP contribution in [0.4, 0.5) is 35.1 Å². The number of hydroxylamine groups is 8. The van der Waals surface area contributed by atoms with Crippen LogP contribution in [0.5, 0.6) is 0 Å². The van der Waals surface area contributed by atoms with Gasteiger partial charge in [0.1, 0.15) is 11.2 Å². The molecule has 8 N–H and O–H groups in total. The van der Waals surface area contributed by atoms with Crippen molar-refractivity contribution in [2.45, 2.75) is 191 Å². The Balaban J connectivity index is 0.000000331. The number of alkyl halides is 8. The predicted molar refractivity (Wildman–Crippen MR) is 398 cm³/mol. The number of nitrogens with zero attached hydrogens (tertiary/aromatic N) is 4. The van der Waals surface area contributed by atoms with Crippen LogP contribution < -0.4 is 21.3 Å². The van der Waals surface area contributed by atoms with Gasteiger partial charge in [-0.25, -0.2) is 29.0 Å². The fraction of sp³-hybridized carbons (Fsp3) is 0.550. The minimum atomic E-state index is -4.37. The van der Waals surface area contributed by atoms with Crippen LogP contribution in [0.2, 0.25) is 0 Å². The van der Waals surface area contributed by atoms with Gasteiger partial charge >= 0.3 is 12.4 Å². The monoisotopic (exact) mass is 1560 g/mol. The summed E-state index contributed by atoms with van der Waals surface area (Å²) in [4.78, 5) is 91.5. The molecule has 0 aromatic heterocycles. The topological polar surface area (TPSA) is 297 Å². The molecule has 8 fully saturated rings. The molecule has 8 aliphatic rings. The lowest BCUT2D eigenvalue weighted by Gasteiger charge is -2.35. The van der Waals surface area contributed by atoms with Gasteiger partial charge in [0.25, 0.3) is 35.4 Å². The van der Waals surface area contributed by atoms with Gasteiger partial charge < -0.3 is 30.7 Å². The number of hydrogen-bond donors (Lipinski definition) is 8. The molecule has 0 spiro atoms. The maximum Gasteiger partial charge on any atom is 0.416 e. The van der Waals surface area contributed by atoms with Crippen LogP contribution in [0.3, 0.4) is 0 Å². The van der Waals surface area contributed by atoms with E-state index >= 15 is 0 Å². The molecule has 10 rings (SSSR count). The van der Waals surface area contributed by atoms with Gasteiger partial charge in [0, 0.05) is 83.2 Å². The highest BCUT2D eigenvalue weighted by Crippen LogP contribution is 2.41. The van der Waals surface area contributed by atoms with E-state index in [1.54, 1.807) is 44.2 Å². The molecule has 8 amide bonds. The Morgan fingerprint density at radius 1 is 0.382 bits per heavy atom. The van der Waals surface area contributed by atoms with Gasteiger partial charge in [-0.3, -0.25) is 59.2 Å². The first-order chi connectivity index (χ1) is 51.5. The van der Waals surface area contributed by atoms with Crippen LogP contribution in [0.25, 0.3) is 0 Å². The van der Waals surface area contributed by atoms with E-state index < -0.39 is 85.9 Å². The Bertz CT molecular complexity index is 3470. The quantitative estimate of drug-likeness (QED) is 0.0347. The Labute approximate surface area is 640 Å². The van der Waals surface area contributed by atoms with Crippen LogP contribution in [-0.2, 0) is 73.0 Å². The second kappa shape index (κ2) is 43.2. The summed E-state index contributed by atoms with van der Waals surface area (Å²) in [5, 5.41) is 50.3. The zero-order chi connectivity index (χ0) is 83.0. The molecule has 8 atom stereocenters. The van der Waals surface area contributed by atoms with Crippen molar-refractivity contribution in [1.29, 1.82) is 0 Å². The number of nitrogens with one attached hydrogen (secondary N) is 4. The molecule has 110 heavy (non-hydrogen) atoms. The number of morpholine rings is 2. The van der Waals surface area contributed by atoms with E-state index in [9.17, 15) is 83.9 Å². The van der Waals surface area contributed by atoms with Crippen LogP contribution in [0, 0.1) is 21.7 Å². The highest BCUT2D eigenvalue weighted by Gasteiger charge is 2.49. The third-order valence-electron chi connectivity index (χ3n) is 20.1. The number of benzene rings is 2. The number of rotatable bonds is 20. The molecule has 0 bridgehead atoms. The molecule has 0 aliphatic carbocycles. The molecule has 0 unspecified atom stereocenters. The summed E-state index contributed by atoms with van der Waals surface area (Å²) in [5.74, 6) is -2.19. The van der Waals surface area contributed by atoms with Crippen LogP contribution >= 0.6 is 0 Å². The highest BCUT2D eigenvalue weighted by atomic mass is 19.4. The summed E-state index contributed by atoms with van der Waals surface area (Å²) in [7, 11) is 0. The van der Waals surface area contributed by atoms with E-state index in [-0.39, 0.29) is 80.8 Å². The zero-order valence-electron chi connectivity index (χ0n) is 63.8.